The van der Waals surface area contributed by atoms with Gasteiger partial charge in [-0.1, -0.05) is 18.2 Å². The van der Waals surface area contributed by atoms with Crippen LogP contribution >= 0.6 is 0 Å². The highest BCUT2D eigenvalue weighted by Gasteiger charge is 2.20. The molecule has 0 fully saturated rings. The van der Waals surface area contributed by atoms with Crippen molar-refractivity contribution in [2.75, 3.05) is 19.0 Å². The van der Waals surface area contributed by atoms with Crippen LogP contribution in [0.4, 0.5) is 11.4 Å². The molecule has 0 saturated carbocycles. The van der Waals surface area contributed by atoms with Crippen LogP contribution in [-0.4, -0.2) is 42.5 Å². The van der Waals surface area contributed by atoms with Gasteiger partial charge in [-0.05, 0) is 25.1 Å². The molecule has 0 heterocycles. The molecule has 0 bridgehead atoms. The van der Waals surface area contributed by atoms with Crippen molar-refractivity contribution in [3.05, 3.63) is 64.2 Å². The van der Waals surface area contributed by atoms with E-state index in [2.05, 4.69) is 10.6 Å². The summed E-state index contributed by atoms with van der Waals surface area (Å²) in [6.07, 6.45) is -1.12. The Bertz CT molecular complexity index is 930. The van der Waals surface area contributed by atoms with Gasteiger partial charge >= 0.3 is 5.97 Å². The SMILES string of the molecule is COc1ccccc1NC(=O)[C@@H](C)OC(=O)CNC(=O)c1cccc([N+](=O)[O-])c1. The molecule has 2 N–H and O–H groups in total. The van der Waals surface area contributed by atoms with Gasteiger partial charge in [-0.2, -0.15) is 0 Å². The van der Waals surface area contributed by atoms with Crippen LogP contribution in [0.25, 0.3) is 0 Å². The molecule has 2 aromatic carbocycles. The fraction of sp³-hybridized carbons (Fsp3) is 0.211. The predicted octanol–water partition coefficient (Wildman–Crippen LogP) is 1.90. The van der Waals surface area contributed by atoms with Crippen molar-refractivity contribution in [1.82, 2.24) is 5.32 Å². The Hall–Kier alpha value is -3.95. The number of hydrogen-bond donors (Lipinski definition) is 2. The van der Waals surface area contributed by atoms with Crippen LogP contribution in [0.15, 0.2) is 48.5 Å². The van der Waals surface area contributed by atoms with E-state index in [0.29, 0.717) is 11.4 Å². The van der Waals surface area contributed by atoms with Crippen LogP contribution in [0, 0.1) is 10.1 Å². The largest absolute Gasteiger partial charge is 0.495 e. The third-order valence-electron chi connectivity index (χ3n) is 3.75. The van der Waals surface area contributed by atoms with E-state index in [4.69, 9.17) is 9.47 Å². The van der Waals surface area contributed by atoms with E-state index in [1.807, 2.05) is 0 Å². The van der Waals surface area contributed by atoms with Crippen molar-refractivity contribution < 1.29 is 28.8 Å². The van der Waals surface area contributed by atoms with Crippen molar-refractivity contribution in [1.29, 1.82) is 0 Å². The first-order chi connectivity index (χ1) is 13.8. The van der Waals surface area contributed by atoms with Crippen LogP contribution in [0.2, 0.25) is 0 Å². The van der Waals surface area contributed by atoms with Gasteiger partial charge in [0, 0.05) is 17.7 Å². The number of non-ortho nitro benzene ring substituents is 1. The summed E-state index contributed by atoms with van der Waals surface area (Å²) in [7, 11) is 1.46. The number of nitro benzene ring substituents is 1. The zero-order valence-corrected chi connectivity index (χ0v) is 15.7. The van der Waals surface area contributed by atoms with Gasteiger partial charge in [-0.25, -0.2) is 0 Å². The Kier molecular flexibility index (Phi) is 7.24. The molecule has 0 saturated heterocycles. The Labute approximate surface area is 166 Å². The highest BCUT2D eigenvalue weighted by molar-refractivity contribution is 5.98. The molecule has 1 atom stereocenters. The number of rotatable bonds is 8. The highest BCUT2D eigenvalue weighted by atomic mass is 16.6. The molecule has 0 unspecified atom stereocenters. The van der Waals surface area contributed by atoms with Crippen LogP contribution in [0.5, 0.6) is 5.75 Å². The van der Waals surface area contributed by atoms with Gasteiger partial charge in [0.2, 0.25) is 0 Å². The van der Waals surface area contributed by atoms with Crippen molar-refractivity contribution in [2.45, 2.75) is 13.0 Å². The summed E-state index contributed by atoms with van der Waals surface area (Å²) in [5.41, 5.74) is 0.192. The number of nitrogens with zero attached hydrogens (tertiary/aromatic N) is 1. The van der Waals surface area contributed by atoms with Gasteiger partial charge in [0.15, 0.2) is 6.10 Å². The summed E-state index contributed by atoms with van der Waals surface area (Å²) in [6.45, 7) is 0.874. The average Bonchev–Trinajstić information content (AvgIpc) is 2.72. The molecule has 0 aliphatic carbocycles. The number of carbonyl (C=O) groups excluding carboxylic acids is 3. The first kappa shape index (κ1) is 21.4. The first-order valence-electron chi connectivity index (χ1n) is 8.48. The molecule has 0 radical (unpaired) electrons. The number of hydrogen-bond acceptors (Lipinski definition) is 7. The molecule has 10 heteroatoms. The number of anilines is 1. The van der Waals surface area contributed by atoms with Gasteiger partial charge in [0.05, 0.1) is 17.7 Å². The van der Waals surface area contributed by atoms with E-state index >= 15 is 0 Å². The predicted molar refractivity (Wildman–Crippen MR) is 103 cm³/mol. The lowest BCUT2D eigenvalue weighted by atomic mass is 10.2. The number of carbonyl (C=O) groups is 3. The standard InChI is InChI=1S/C19H19N3O7/c1-12(18(24)21-15-8-3-4-9-16(15)28-2)29-17(23)11-20-19(25)13-6-5-7-14(10-13)22(26)27/h3-10,12H,11H2,1-2H3,(H,20,25)(H,21,24)/t12-/m1/s1. The fourth-order valence-electron chi connectivity index (χ4n) is 2.29. The van der Waals surface area contributed by atoms with E-state index < -0.39 is 35.4 Å². The summed E-state index contributed by atoms with van der Waals surface area (Å²) in [4.78, 5) is 46.2. The quantitative estimate of drug-likeness (QED) is 0.391. The van der Waals surface area contributed by atoms with Gasteiger partial charge in [0.25, 0.3) is 17.5 Å². The molecule has 152 valence electrons. The van der Waals surface area contributed by atoms with Crippen molar-refractivity contribution in [3.63, 3.8) is 0 Å². The number of para-hydroxylation sites is 2. The lowest BCUT2D eigenvalue weighted by Gasteiger charge is -2.15. The van der Waals surface area contributed by atoms with Crippen LogP contribution in [0.1, 0.15) is 17.3 Å². The number of methoxy groups -OCH3 is 1. The number of amides is 2. The summed E-state index contributed by atoms with van der Waals surface area (Å²) in [6, 6.07) is 11.8. The molecule has 0 aromatic heterocycles. The molecule has 0 aliphatic rings. The number of nitro groups is 1. The van der Waals surface area contributed by atoms with Crippen molar-refractivity contribution >= 4 is 29.2 Å². The minimum absolute atomic E-state index is 0.0222. The van der Waals surface area contributed by atoms with E-state index in [-0.39, 0.29) is 11.3 Å². The zero-order chi connectivity index (χ0) is 21.4. The molecule has 2 aromatic rings. The minimum atomic E-state index is -1.12. The van der Waals surface area contributed by atoms with Gasteiger partial charge in [-0.15, -0.1) is 0 Å². The second-order valence-corrected chi connectivity index (χ2v) is 5.81. The Balaban J connectivity index is 1.86. The molecule has 0 aliphatic heterocycles. The smallest absolute Gasteiger partial charge is 0.326 e. The normalized spacial score (nSPS) is 11.1. The number of benzene rings is 2. The van der Waals surface area contributed by atoms with Crippen molar-refractivity contribution in [3.8, 4) is 5.75 Å². The molecule has 2 amide bonds. The van der Waals surface area contributed by atoms with Crippen LogP contribution < -0.4 is 15.4 Å². The maximum Gasteiger partial charge on any atom is 0.326 e. The van der Waals surface area contributed by atoms with E-state index in [1.54, 1.807) is 24.3 Å². The number of ether oxygens (including phenoxy) is 2. The zero-order valence-electron chi connectivity index (χ0n) is 15.7. The maximum absolute atomic E-state index is 12.2. The summed E-state index contributed by atoms with van der Waals surface area (Å²) < 4.78 is 10.1. The Morgan fingerprint density at radius 1 is 1.14 bits per heavy atom. The van der Waals surface area contributed by atoms with E-state index in [9.17, 15) is 24.5 Å². The fourth-order valence-corrected chi connectivity index (χ4v) is 2.29. The third kappa shape index (κ3) is 6.03. The second-order valence-electron chi connectivity index (χ2n) is 5.81. The van der Waals surface area contributed by atoms with Gasteiger partial charge < -0.3 is 20.1 Å². The molecule has 29 heavy (non-hydrogen) atoms. The Morgan fingerprint density at radius 3 is 2.55 bits per heavy atom. The molecular formula is C19H19N3O7. The van der Waals surface area contributed by atoms with Crippen LogP contribution in [0.3, 0.4) is 0 Å². The molecule has 2 rings (SSSR count). The number of nitrogens with one attached hydrogen (secondary N) is 2. The molecular weight excluding hydrogens is 382 g/mol. The van der Waals surface area contributed by atoms with Gasteiger partial charge in [-0.3, -0.25) is 24.5 Å². The monoisotopic (exact) mass is 401 g/mol. The Morgan fingerprint density at radius 2 is 1.86 bits per heavy atom. The summed E-state index contributed by atoms with van der Waals surface area (Å²) >= 11 is 0. The first-order valence-corrected chi connectivity index (χ1v) is 8.48. The highest BCUT2D eigenvalue weighted by Crippen LogP contribution is 2.23. The average molecular weight is 401 g/mol. The van der Waals surface area contributed by atoms with E-state index in [0.717, 1.165) is 6.07 Å². The summed E-state index contributed by atoms with van der Waals surface area (Å²) in [5.74, 6) is -1.65. The summed E-state index contributed by atoms with van der Waals surface area (Å²) in [5, 5.41) is 15.6. The second kappa shape index (κ2) is 9.83. The number of esters is 1. The minimum Gasteiger partial charge on any atom is -0.495 e. The lowest BCUT2D eigenvalue weighted by molar-refractivity contribution is -0.384. The topological polar surface area (TPSA) is 137 Å². The van der Waals surface area contributed by atoms with Crippen LogP contribution in [-0.2, 0) is 14.3 Å². The van der Waals surface area contributed by atoms with Crippen molar-refractivity contribution in [2.24, 2.45) is 0 Å². The van der Waals surface area contributed by atoms with Gasteiger partial charge in [0.1, 0.15) is 12.3 Å². The third-order valence-corrected chi connectivity index (χ3v) is 3.75. The lowest BCUT2D eigenvalue weighted by Crippen LogP contribution is -2.35. The maximum atomic E-state index is 12.2. The van der Waals surface area contributed by atoms with E-state index in [1.165, 1.54) is 32.2 Å². The molecule has 10 nitrogen and oxygen atoms in total. The molecule has 0 spiro atoms.